The maximum atomic E-state index is 10.1. The van der Waals surface area contributed by atoms with Crippen LogP contribution in [0.5, 0.6) is 0 Å². The molecule has 0 amide bonds. The normalized spacial score (nSPS) is 10.1. The van der Waals surface area contributed by atoms with Gasteiger partial charge >= 0.3 is 5.97 Å². The standard InChI is InChI=1S/C8H16O3S/c1-2-4-11-5-7-12-6-3-8(9)10/h2-7H2,1H3,(H,9,10). The molecule has 12 heavy (non-hydrogen) atoms. The molecule has 72 valence electrons. The van der Waals surface area contributed by atoms with E-state index < -0.39 is 5.97 Å². The molecule has 0 aromatic rings. The number of aliphatic carboxylic acids is 1. The summed E-state index contributed by atoms with van der Waals surface area (Å²) in [4.78, 5) is 10.1. The molecule has 0 heterocycles. The molecule has 4 heteroatoms. The average molecular weight is 192 g/mol. The number of thioether (sulfide) groups is 1. The van der Waals surface area contributed by atoms with E-state index in [9.17, 15) is 4.79 Å². The van der Waals surface area contributed by atoms with Gasteiger partial charge in [0.15, 0.2) is 0 Å². The van der Waals surface area contributed by atoms with Crippen molar-refractivity contribution in [1.29, 1.82) is 0 Å². The highest BCUT2D eigenvalue weighted by Crippen LogP contribution is 2.01. The summed E-state index contributed by atoms with van der Waals surface area (Å²) in [6.07, 6.45) is 1.29. The van der Waals surface area contributed by atoms with Crippen LogP contribution in [0.4, 0.5) is 0 Å². The zero-order valence-corrected chi connectivity index (χ0v) is 8.23. The number of carbonyl (C=O) groups is 1. The number of ether oxygens (including phenoxy) is 1. The lowest BCUT2D eigenvalue weighted by molar-refractivity contribution is -0.136. The minimum Gasteiger partial charge on any atom is -0.481 e. The molecule has 1 N–H and O–H groups in total. The summed E-state index contributed by atoms with van der Waals surface area (Å²) in [7, 11) is 0. The molecule has 0 atom stereocenters. The van der Waals surface area contributed by atoms with Gasteiger partial charge in [0.2, 0.25) is 0 Å². The topological polar surface area (TPSA) is 46.5 Å². The van der Waals surface area contributed by atoms with Crippen molar-refractivity contribution >= 4 is 17.7 Å². The zero-order valence-electron chi connectivity index (χ0n) is 7.41. The van der Waals surface area contributed by atoms with Gasteiger partial charge in [-0.1, -0.05) is 6.92 Å². The third-order valence-corrected chi connectivity index (χ3v) is 2.13. The Bertz CT molecular complexity index is 117. The molecule has 0 saturated heterocycles. The molecule has 0 saturated carbocycles. The summed E-state index contributed by atoms with van der Waals surface area (Å²) in [6, 6.07) is 0. The van der Waals surface area contributed by atoms with Gasteiger partial charge in [0.25, 0.3) is 0 Å². The molecule has 0 aliphatic heterocycles. The Balaban J connectivity index is 2.86. The van der Waals surface area contributed by atoms with E-state index in [2.05, 4.69) is 6.92 Å². The van der Waals surface area contributed by atoms with Crippen molar-refractivity contribution in [2.45, 2.75) is 19.8 Å². The molecule has 0 aromatic heterocycles. The van der Waals surface area contributed by atoms with Gasteiger partial charge in [0.1, 0.15) is 0 Å². The number of hydrogen-bond donors (Lipinski definition) is 1. The second kappa shape index (κ2) is 8.87. The Hall–Kier alpha value is -0.220. The van der Waals surface area contributed by atoms with E-state index in [4.69, 9.17) is 9.84 Å². The Kier molecular flexibility index (Phi) is 8.71. The molecule has 0 bridgehead atoms. The van der Waals surface area contributed by atoms with Crippen LogP contribution < -0.4 is 0 Å². The molecule has 0 rings (SSSR count). The van der Waals surface area contributed by atoms with Crippen LogP contribution in [-0.4, -0.2) is 35.8 Å². The number of hydrogen-bond acceptors (Lipinski definition) is 3. The molecule has 0 radical (unpaired) electrons. The van der Waals surface area contributed by atoms with Crippen molar-refractivity contribution < 1.29 is 14.6 Å². The zero-order chi connectivity index (χ0) is 9.23. The monoisotopic (exact) mass is 192 g/mol. The highest BCUT2D eigenvalue weighted by molar-refractivity contribution is 7.99. The van der Waals surface area contributed by atoms with E-state index in [-0.39, 0.29) is 6.42 Å². The Morgan fingerprint density at radius 3 is 2.75 bits per heavy atom. The van der Waals surface area contributed by atoms with Gasteiger partial charge < -0.3 is 9.84 Å². The van der Waals surface area contributed by atoms with E-state index in [0.29, 0.717) is 5.75 Å². The molecule has 0 fully saturated rings. The van der Waals surface area contributed by atoms with Crippen LogP contribution in [0.1, 0.15) is 19.8 Å². The Morgan fingerprint density at radius 2 is 2.17 bits per heavy atom. The second-order valence-electron chi connectivity index (χ2n) is 2.37. The largest absolute Gasteiger partial charge is 0.481 e. The van der Waals surface area contributed by atoms with Crippen LogP contribution in [-0.2, 0) is 9.53 Å². The first-order valence-electron chi connectivity index (χ1n) is 4.14. The van der Waals surface area contributed by atoms with Crippen LogP contribution in [0.25, 0.3) is 0 Å². The predicted octanol–water partition coefficient (Wildman–Crippen LogP) is 1.62. The molecule has 3 nitrogen and oxygen atoms in total. The van der Waals surface area contributed by atoms with Gasteiger partial charge in [-0.05, 0) is 6.42 Å². The third kappa shape index (κ3) is 9.78. The molecular formula is C8H16O3S. The van der Waals surface area contributed by atoms with Crippen molar-refractivity contribution in [3.8, 4) is 0 Å². The minimum absolute atomic E-state index is 0.248. The molecule has 0 unspecified atom stereocenters. The second-order valence-corrected chi connectivity index (χ2v) is 3.59. The van der Waals surface area contributed by atoms with Crippen LogP contribution in [0.2, 0.25) is 0 Å². The molecule has 0 aliphatic carbocycles. The van der Waals surface area contributed by atoms with Gasteiger partial charge in [0.05, 0.1) is 13.0 Å². The summed E-state index contributed by atoms with van der Waals surface area (Å²) in [6.45, 7) is 3.61. The highest BCUT2D eigenvalue weighted by Gasteiger charge is 1.95. The van der Waals surface area contributed by atoms with Crippen molar-refractivity contribution in [2.75, 3.05) is 24.7 Å². The first kappa shape index (κ1) is 11.8. The summed E-state index contributed by atoms with van der Waals surface area (Å²) in [5.74, 6) is 0.856. The van der Waals surface area contributed by atoms with Gasteiger partial charge in [-0.15, -0.1) is 0 Å². The highest BCUT2D eigenvalue weighted by atomic mass is 32.2. The maximum absolute atomic E-state index is 10.1. The molecular weight excluding hydrogens is 176 g/mol. The SMILES string of the molecule is CCCOCCSCCC(=O)O. The van der Waals surface area contributed by atoms with E-state index in [0.717, 1.165) is 25.4 Å². The lowest BCUT2D eigenvalue weighted by Crippen LogP contribution is -2.01. The van der Waals surface area contributed by atoms with Gasteiger partial charge in [-0.25, -0.2) is 0 Å². The Labute approximate surface area is 77.5 Å². The van der Waals surface area contributed by atoms with Crippen LogP contribution >= 0.6 is 11.8 Å². The number of carboxylic acid groups (broad SMARTS) is 1. The fourth-order valence-corrected chi connectivity index (χ4v) is 1.38. The van der Waals surface area contributed by atoms with Crippen molar-refractivity contribution in [3.63, 3.8) is 0 Å². The van der Waals surface area contributed by atoms with Gasteiger partial charge in [-0.2, -0.15) is 11.8 Å². The van der Waals surface area contributed by atoms with E-state index in [1.807, 2.05) is 0 Å². The molecule has 0 spiro atoms. The maximum Gasteiger partial charge on any atom is 0.304 e. The number of carboxylic acids is 1. The van der Waals surface area contributed by atoms with Gasteiger partial charge in [-0.3, -0.25) is 4.79 Å². The predicted molar refractivity (Wildman–Crippen MR) is 50.7 cm³/mol. The van der Waals surface area contributed by atoms with E-state index in [1.165, 1.54) is 0 Å². The lowest BCUT2D eigenvalue weighted by atomic mass is 10.5. The van der Waals surface area contributed by atoms with E-state index in [1.54, 1.807) is 11.8 Å². The fraction of sp³-hybridized carbons (Fsp3) is 0.875. The van der Waals surface area contributed by atoms with Crippen molar-refractivity contribution in [2.24, 2.45) is 0 Å². The lowest BCUT2D eigenvalue weighted by Gasteiger charge is -2.00. The summed E-state index contributed by atoms with van der Waals surface area (Å²) >= 11 is 1.63. The van der Waals surface area contributed by atoms with Crippen molar-refractivity contribution in [3.05, 3.63) is 0 Å². The van der Waals surface area contributed by atoms with E-state index >= 15 is 0 Å². The van der Waals surface area contributed by atoms with Crippen LogP contribution in [0.3, 0.4) is 0 Å². The quantitative estimate of drug-likeness (QED) is 0.594. The minimum atomic E-state index is -0.725. The average Bonchev–Trinajstić information content (AvgIpc) is 2.02. The first-order chi connectivity index (χ1) is 5.77. The first-order valence-corrected chi connectivity index (χ1v) is 5.30. The van der Waals surface area contributed by atoms with Crippen molar-refractivity contribution in [1.82, 2.24) is 0 Å². The van der Waals surface area contributed by atoms with Crippen LogP contribution in [0, 0.1) is 0 Å². The number of rotatable bonds is 8. The molecule has 0 aromatic carbocycles. The Morgan fingerprint density at radius 1 is 1.42 bits per heavy atom. The fourth-order valence-electron chi connectivity index (χ4n) is 0.626. The molecule has 0 aliphatic rings. The summed E-state index contributed by atoms with van der Waals surface area (Å²) in [5, 5.41) is 8.31. The smallest absolute Gasteiger partial charge is 0.304 e. The van der Waals surface area contributed by atoms with Gasteiger partial charge in [0, 0.05) is 18.1 Å². The summed E-state index contributed by atoms with van der Waals surface area (Å²) in [5.41, 5.74) is 0. The third-order valence-electron chi connectivity index (χ3n) is 1.18. The van der Waals surface area contributed by atoms with Crippen LogP contribution in [0.15, 0.2) is 0 Å². The summed E-state index contributed by atoms with van der Waals surface area (Å²) < 4.78 is 5.22.